The first-order chi connectivity index (χ1) is 16.9. The minimum Gasteiger partial charge on any atom is -0.550 e. The van der Waals surface area contributed by atoms with Crippen molar-refractivity contribution in [2.45, 2.75) is 41.5 Å². The van der Waals surface area contributed by atoms with Crippen LogP contribution in [-0.2, 0) is 29.1 Å². The zero-order chi connectivity index (χ0) is 27.4. The summed E-state index contributed by atoms with van der Waals surface area (Å²) in [6.07, 6.45) is 0. The third-order valence-electron chi connectivity index (χ3n) is 4.27. The molecule has 192 valence electrons. The first-order valence-corrected chi connectivity index (χ1v) is 11.7. The molecule has 37 heavy (non-hydrogen) atoms. The Kier molecular flexibility index (Phi) is 15.4. The van der Waals surface area contributed by atoms with Crippen LogP contribution in [0, 0.1) is 27.7 Å². The summed E-state index contributed by atoms with van der Waals surface area (Å²) in [7, 11) is 0. The van der Waals surface area contributed by atoms with Crippen molar-refractivity contribution >= 4 is 68.8 Å². The van der Waals surface area contributed by atoms with E-state index in [0.717, 1.165) is 58.9 Å². The number of halogens is 2. The van der Waals surface area contributed by atoms with Crippen LogP contribution in [0.25, 0.3) is 22.1 Å². The molecular weight excluding hydrogens is 571 g/mol. The number of aliphatic carboxylic acids is 2. The fraction of sp³-hybridized carbons (Fsp3) is 0.280. The van der Waals surface area contributed by atoms with Gasteiger partial charge in [-0.1, -0.05) is 0 Å². The zero-order valence-corrected chi connectivity index (χ0v) is 26.0. The van der Waals surface area contributed by atoms with Crippen molar-refractivity contribution in [1.82, 2.24) is 19.9 Å². The normalized spacial score (nSPS) is 9.41. The number of nitrogens with zero attached hydrogens (tertiary/aromatic N) is 4. The second-order valence-electron chi connectivity index (χ2n) is 7.51. The van der Waals surface area contributed by atoms with Crippen molar-refractivity contribution in [3.8, 4) is 0 Å². The van der Waals surface area contributed by atoms with Crippen LogP contribution in [0.4, 0.5) is 11.6 Å². The fourth-order valence-corrected chi connectivity index (χ4v) is 3.13. The largest absolute Gasteiger partial charge is 2.00 e. The van der Waals surface area contributed by atoms with Gasteiger partial charge < -0.3 is 25.1 Å². The third kappa shape index (κ3) is 12.2. The Morgan fingerprint density at radius 1 is 0.730 bits per heavy atom. The van der Waals surface area contributed by atoms with Gasteiger partial charge in [0.25, 0.3) is 0 Å². The number of carboxylic acids is 2. The first-order valence-electron chi connectivity index (χ1n) is 10.6. The molecule has 4 aromatic rings. The predicted octanol–water partition coefficient (Wildman–Crippen LogP) is 3.48. The molecule has 0 aliphatic carbocycles. The number of hydrogen-bond donors (Lipinski definition) is 1. The average molecular weight is 598 g/mol. The standard InChI is InChI=1S/C20H19N5.2C2H4O2.CH2Cl2.Zn/c1-11-9-13(3)21-19-15(11)5-7-17(24-19)23-18-8-6-16-12(2)10-14(4)22-20(16)25-18;2*1-2(3)4;2-1-3;/h5-10H,1-4H3,(H,21,22,23,24,25);2*1H3,(H,3,4);1H2;/q;;;;+2/p-2. The molecule has 0 aliphatic rings. The molecule has 9 nitrogen and oxygen atoms in total. The Bertz CT molecular complexity index is 1250. The van der Waals surface area contributed by atoms with Crippen molar-refractivity contribution in [3.63, 3.8) is 0 Å². The van der Waals surface area contributed by atoms with Crippen LogP contribution in [0.2, 0.25) is 0 Å². The Hall–Kier alpha value is -2.94. The maximum absolute atomic E-state index is 8.89. The Labute approximate surface area is 238 Å². The number of aromatic nitrogens is 4. The maximum Gasteiger partial charge on any atom is 2.00 e. The molecule has 0 fully saturated rings. The number of hydrogen-bond acceptors (Lipinski definition) is 9. The van der Waals surface area contributed by atoms with Crippen LogP contribution in [0.15, 0.2) is 36.4 Å². The molecule has 0 unspecified atom stereocenters. The van der Waals surface area contributed by atoms with Gasteiger partial charge >= 0.3 is 19.5 Å². The van der Waals surface area contributed by atoms with Gasteiger partial charge in [-0.2, -0.15) is 0 Å². The van der Waals surface area contributed by atoms with Crippen molar-refractivity contribution in [2.75, 3.05) is 10.7 Å². The van der Waals surface area contributed by atoms with Gasteiger partial charge in [0.1, 0.15) is 11.6 Å². The van der Waals surface area contributed by atoms with Gasteiger partial charge in [-0.3, -0.25) is 0 Å². The summed E-state index contributed by atoms with van der Waals surface area (Å²) in [4.78, 5) is 36.1. The maximum atomic E-state index is 8.89. The summed E-state index contributed by atoms with van der Waals surface area (Å²) in [6, 6.07) is 12.1. The second kappa shape index (κ2) is 16.7. The van der Waals surface area contributed by atoms with Gasteiger partial charge in [0.05, 0.1) is 5.34 Å². The van der Waals surface area contributed by atoms with E-state index in [1.165, 1.54) is 11.1 Å². The van der Waals surface area contributed by atoms with E-state index in [1.54, 1.807) is 0 Å². The van der Waals surface area contributed by atoms with E-state index < -0.39 is 11.9 Å². The molecule has 0 radical (unpaired) electrons. The first kappa shape index (κ1) is 34.1. The minimum absolute atomic E-state index is 0. The number of carboxylic acid groups (broad SMARTS) is 2. The van der Waals surface area contributed by atoms with E-state index in [1.807, 2.05) is 38.1 Å². The topological polar surface area (TPSA) is 144 Å². The number of nitrogens with one attached hydrogen (secondary N) is 1. The molecule has 0 aliphatic heterocycles. The monoisotopic (exact) mass is 595 g/mol. The fourth-order valence-electron chi connectivity index (χ4n) is 3.13. The van der Waals surface area contributed by atoms with Crippen LogP contribution in [0.3, 0.4) is 0 Å². The SMILES string of the molecule is CC(=O)[O-].CC(=O)[O-].Cc1cc(C)c2ccc(Nc3ccc4c(C)cc(C)nc4n3)nc2n1.ClCCl.[Zn+2]. The van der Waals surface area contributed by atoms with Gasteiger partial charge in [-0.25, -0.2) is 19.9 Å². The molecule has 0 amide bonds. The Morgan fingerprint density at radius 3 is 1.32 bits per heavy atom. The van der Waals surface area contributed by atoms with E-state index in [9.17, 15) is 0 Å². The van der Waals surface area contributed by atoms with Gasteiger partial charge in [0, 0.05) is 34.1 Å². The summed E-state index contributed by atoms with van der Waals surface area (Å²) in [5.41, 5.74) is 5.78. The van der Waals surface area contributed by atoms with Gasteiger partial charge in [-0.05, 0) is 89.1 Å². The van der Waals surface area contributed by atoms with E-state index >= 15 is 0 Å². The molecule has 0 spiro atoms. The molecule has 4 rings (SSSR count). The van der Waals surface area contributed by atoms with Crippen molar-refractivity contribution in [3.05, 3.63) is 58.9 Å². The molecule has 0 bridgehead atoms. The number of carbonyl (C=O) groups excluding carboxylic acids is 2. The van der Waals surface area contributed by atoms with Crippen LogP contribution in [0.5, 0.6) is 0 Å². The Balaban J connectivity index is 0.000000927. The van der Waals surface area contributed by atoms with Crippen LogP contribution >= 0.6 is 23.2 Å². The minimum atomic E-state index is -1.08. The summed E-state index contributed by atoms with van der Waals surface area (Å²) in [5, 5.41) is 23.4. The zero-order valence-electron chi connectivity index (χ0n) is 21.6. The molecule has 4 heterocycles. The number of rotatable bonds is 2. The van der Waals surface area contributed by atoms with Crippen molar-refractivity contribution < 1.29 is 39.3 Å². The molecule has 1 N–H and O–H groups in total. The Morgan fingerprint density at radius 2 is 1.03 bits per heavy atom. The number of anilines is 2. The molecule has 4 aromatic heterocycles. The van der Waals surface area contributed by atoms with Crippen LogP contribution in [-0.4, -0.2) is 37.2 Å². The summed E-state index contributed by atoms with van der Waals surface area (Å²) in [5.74, 6) is -0.720. The summed E-state index contributed by atoms with van der Waals surface area (Å²) < 4.78 is 0. The van der Waals surface area contributed by atoms with E-state index in [4.69, 9.17) is 43.0 Å². The number of fused-ring (bicyclic) bond motifs is 2. The smallest absolute Gasteiger partial charge is 0.550 e. The van der Waals surface area contributed by atoms with Gasteiger partial charge in [0.15, 0.2) is 11.3 Å². The van der Waals surface area contributed by atoms with Gasteiger partial charge in [0.2, 0.25) is 0 Å². The van der Waals surface area contributed by atoms with Crippen molar-refractivity contribution in [2.24, 2.45) is 0 Å². The quantitative estimate of drug-likeness (QED) is 0.271. The number of aryl methyl sites for hydroxylation is 4. The van der Waals surface area contributed by atoms with Gasteiger partial charge in [-0.15, -0.1) is 23.2 Å². The van der Waals surface area contributed by atoms with E-state index in [2.05, 4.69) is 51.2 Å². The van der Waals surface area contributed by atoms with Crippen LogP contribution < -0.4 is 15.5 Å². The molecule has 0 aromatic carbocycles. The molecular formula is C25H27Cl2N5O4Zn. The number of alkyl halides is 2. The number of pyridine rings is 4. The molecule has 0 saturated carbocycles. The summed E-state index contributed by atoms with van der Waals surface area (Å²) >= 11 is 9.53. The van der Waals surface area contributed by atoms with E-state index in [0.29, 0.717) is 0 Å². The average Bonchev–Trinajstić information content (AvgIpc) is 2.72. The second-order valence-corrected chi connectivity index (χ2v) is 8.31. The van der Waals surface area contributed by atoms with E-state index in [-0.39, 0.29) is 24.8 Å². The van der Waals surface area contributed by atoms with Crippen LogP contribution in [0.1, 0.15) is 36.4 Å². The predicted molar refractivity (Wildman–Crippen MR) is 139 cm³/mol. The molecule has 12 heteroatoms. The third-order valence-corrected chi connectivity index (χ3v) is 4.27. The van der Waals surface area contributed by atoms with Crippen molar-refractivity contribution in [1.29, 1.82) is 0 Å². The number of carbonyl (C=O) groups is 2. The molecule has 0 saturated heterocycles. The summed E-state index contributed by atoms with van der Waals surface area (Å²) in [6.45, 7) is 10.1. The molecule has 0 atom stereocenters.